The number of rotatable bonds is 25. The molecular formula is C30H57NO6. The zero-order chi connectivity index (χ0) is 27.6. The van der Waals surface area contributed by atoms with Crippen LogP contribution in [-0.2, 0) is 19.1 Å². The Morgan fingerprint density at radius 1 is 0.622 bits per heavy atom. The molecule has 7 nitrogen and oxygen atoms in total. The molecule has 0 bridgehead atoms. The lowest BCUT2D eigenvalue weighted by Crippen LogP contribution is -2.44. The number of amides is 3. The van der Waals surface area contributed by atoms with Crippen LogP contribution in [-0.4, -0.2) is 53.8 Å². The monoisotopic (exact) mass is 527 g/mol. The summed E-state index contributed by atoms with van der Waals surface area (Å²) in [5.74, 6) is -1.14. The lowest BCUT2D eigenvalue weighted by atomic mass is 10.0. The Labute approximate surface area is 227 Å². The number of unbranched alkanes of at least 4 members (excludes halogenated alkanes) is 15. The summed E-state index contributed by atoms with van der Waals surface area (Å²) in [7, 11) is 0. The van der Waals surface area contributed by atoms with E-state index in [1.165, 1.54) is 89.9 Å². The maximum absolute atomic E-state index is 12.4. The molecule has 3 amide bonds. The average molecular weight is 528 g/mol. The van der Waals surface area contributed by atoms with Crippen LogP contribution in [0.5, 0.6) is 0 Å². The van der Waals surface area contributed by atoms with Gasteiger partial charge < -0.3 is 14.6 Å². The third-order valence-corrected chi connectivity index (χ3v) is 6.53. The second kappa shape index (κ2) is 26.1. The molecule has 0 saturated heterocycles. The third-order valence-electron chi connectivity index (χ3n) is 6.53. The number of carbonyl (C=O) groups excluding carboxylic acids is 3. The third kappa shape index (κ3) is 20.2. The molecule has 0 aliphatic heterocycles. The van der Waals surface area contributed by atoms with Crippen LogP contribution in [0.2, 0.25) is 0 Å². The van der Waals surface area contributed by atoms with Crippen LogP contribution in [0, 0.1) is 0 Å². The standard InChI is InChI=1S/C30H57NO6/c1-4-7-8-9-10-11-12-13-14-15-16-17-18-19-20-21-24-36-26-27(25-32)37-30(35)31(28(33)22-5-2)29(34)23-6-3/h27,32H,4-26H2,1-3H3. The fourth-order valence-corrected chi connectivity index (χ4v) is 4.28. The molecule has 1 atom stereocenters. The Bertz CT molecular complexity index is 550. The van der Waals surface area contributed by atoms with Crippen LogP contribution in [0.15, 0.2) is 0 Å². The minimum absolute atomic E-state index is 0.0404. The average Bonchev–Trinajstić information content (AvgIpc) is 2.87. The fourth-order valence-electron chi connectivity index (χ4n) is 4.28. The molecule has 0 aliphatic rings. The lowest BCUT2D eigenvalue weighted by molar-refractivity contribution is -0.143. The number of nitrogens with zero attached hydrogens (tertiary/aromatic N) is 1. The summed E-state index contributed by atoms with van der Waals surface area (Å²) in [5.41, 5.74) is 0. The van der Waals surface area contributed by atoms with Crippen LogP contribution in [0.4, 0.5) is 4.79 Å². The van der Waals surface area contributed by atoms with Crippen molar-refractivity contribution in [2.45, 2.75) is 155 Å². The molecule has 1 N–H and O–H groups in total. The van der Waals surface area contributed by atoms with Gasteiger partial charge >= 0.3 is 6.09 Å². The van der Waals surface area contributed by atoms with Gasteiger partial charge in [-0.05, 0) is 19.3 Å². The van der Waals surface area contributed by atoms with Crippen molar-refractivity contribution in [2.24, 2.45) is 0 Å². The van der Waals surface area contributed by atoms with E-state index >= 15 is 0 Å². The van der Waals surface area contributed by atoms with Gasteiger partial charge in [-0.25, -0.2) is 4.79 Å². The first-order chi connectivity index (χ1) is 18.0. The molecule has 0 saturated carbocycles. The Kier molecular flexibility index (Phi) is 25.1. The number of aliphatic hydroxyl groups is 1. The van der Waals surface area contributed by atoms with Crippen molar-refractivity contribution in [3.8, 4) is 0 Å². The molecule has 1 unspecified atom stereocenters. The molecule has 0 radical (unpaired) electrons. The highest BCUT2D eigenvalue weighted by molar-refractivity contribution is 6.08. The minimum atomic E-state index is -1.03. The van der Waals surface area contributed by atoms with Gasteiger partial charge in [0.1, 0.15) is 6.10 Å². The molecule has 0 aliphatic carbocycles. The van der Waals surface area contributed by atoms with Crippen LogP contribution in [0.1, 0.15) is 149 Å². The van der Waals surface area contributed by atoms with Crippen molar-refractivity contribution in [1.29, 1.82) is 0 Å². The Balaban J connectivity index is 3.80. The highest BCUT2D eigenvalue weighted by Gasteiger charge is 2.30. The van der Waals surface area contributed by atoms with Gasteiger partial charge in [-0.3, -0.25) is 9.59 Å². The first-order valence-corrected chi connectivity index (χ1v) is 15.3. The van der Waals surface area contributed by atoms with Gasteiger partial charge in [0, 0.05) is 19.4 Å². The number of ether oxygens (including phenoxy) is 2. The van der Waals surface area contributed by atoms with Crippen molar-refractivity contribution >= 4 is 17.9 Å². The number of hydrogen-bond donors (Lipinski definition) is 1. The first kappa shape index (κ1) is 35.5. The summed E-state index contributed by atoms with van der Waals surface area (Å²) in [6, 6.07) is 0. The first-order valence-electron chi connectivity index (χ1n) is 15.3. The van der Waals surface area contributed by atoms with Crippen molar-refractivity contribution in [2.75, 3.05) is 19.8 Å². The van der Waals surface area contributed by atoms with Gasteiger partial charge in [0.15, 0.2) is 0 Å². The zero-order valence-corrected chi connectivity index (χ0v) is 24.3. The molecule has 0 rings (SSSR count). The summed E-state index contributed by atoms with van der Waals surface area (Å²) >= 11 is 0. The van der Waals surface area contributed by atoms with Crippen molar-refractivity contribution < 1.29 is 29.0 Å². The molecule has 0 aromatic rings. The van der Waals surface area contributed by atoms with E-state index < -0.39 is 30.6 Å². The largest absolute Gasteiger partial charge is 0.441 e. The molecular weight excluding hydrogens is 470 g/mol. The second-order valence-corrected chi connectivity index (χ2v) is 10.2. The van der Waals surface area contributed by atoms with Crippen molar-refractivity contribution in [1.82, 2.24) is 4.90 Å². The van der Waals surface area contributed by atoms with Crippen LogP contribution in [0.25, 0.3) is 0 Å². The Morgan fingerprint density at radius 3 is 1.41 bits per heavy atom. The zero-order valence-electron chi connectivity index (χ0n) is 24.3. The van der Waals surface area contributed by atoms with Crippen molar-refractivity contribution in [3.05, 3.63) is 0 Å². The van der Waals surface area contributed by atoms with E-state index in [1.807, 2.05) is 0 Å². The van der Waals surface area contributed by atoms with E-state index in [9.17, 15) is 19.5 Å². The molecule has 0 fully saturated rings. The summed E-state index contributed by atoms with van der Waals surface area (Å²) in [4.78, 5) is 37.4. The van der Waals surface area contributed by atoms with Crippen molar-refractivity contribution in [3.63, 3.8) is 0 Å². The molecule has 0 aromatic carbocycles. The normalized spacial score (nSPS) is 11.9. The smallest absolute Gasteiger partial charge is 0.423 e. The quantitative estimate of drug-likeness (QED) is 0.122. The fraction of sp³-hybridized carbons (Fsp3) is 0.900. The number of aliphatic hydroxyl groups excluding tert-OH is 1. The number of hydrogen-bond acceptors (Lipinski definition) is 6. The molecule has 218 valence electrons. The predicted octanol–water partition coefficient (Wildman–Crippen LogP) is 7.72. The summed E-state index contributed by atoms with van der Waals surface area (Å²) < 4.78 is 10.8. The van der Waals surface area contributed by atoms with Gasteiger partial charge in [0.05, 0.1) is 13.2 Å². The van der Waals surface area contributed by atoms with E-state index in [1.54, 1.807) is 13.8 Å². The highest BCUT2D eigenvalue weighted by Crippen LogP contribution is 2.14. The Hall–Kier alpha value is -1.47. The molecule has 0 aromatic heterocycles. The minimum Gasteiger partial charge on any atom is -0.441 e. The van der Waals surface area contributed by atoms with E-state index in [0.29, 0.717) is 24.3 Å². The van der Waals surface area contributed by atoms with Gasteiger partial charge in [-0.2, -0.15) is 4.90 Å². The summed E-state index contributed by atoms with van der Waals surface area (Å²) in [5, 5.41) is 9.54. The van der Waals surface area contributed by atoms with E-state index in [0.717, 1.165) is 12.8 Å². The van der Waals surface area contributed by atoms with Crippen LogP contribution in [0.3, 0.4) is 0 Å². The number of imide groups is 3. The SMILES string of the molecule is CCCCCCCCCCCCCCCCCCOCC(CO)OC(=O)N(C(=O)CCC)C(=O)CCC. The van der Waals surface area contributed by atoms with Crippen LogP contribution >= 0.6 is 0 Å². The lowest BCUT2D eigenvalue weighted by Gasteiger charge is -2.22. The Morgan fingerprint density at radius 2 is 1.03 bits per heavy atom. The van der Waals surface area contributed by atoms with Gasteiger partial charge in [-0.15, -0.1) is 0 Å². The molecule has 0 heterocycles. The summed E-state index contributed by atoms with van der Waals surface area (Å²) in [6.07, 6.45) is 20.2. The van der Waals surface area contributed by atoms with Gasteiger partial charge in [0.25, 0.3) is 0 Å². The van der Waals surface area contributed by atoms with E-state index in [-0.39, 0.29) is 19.4 Å². The highest BCUT2D eigenvalue weighted by atomic mass is 16.6. The number of carbonyl (C=O) groups is 3. The topological polar surface area (TPSA) is 93.1 Å². The maximum atomic E-state index is 12.4. The second-order valence-electron chi connectivity index (χ2n) is 10.2. The molecule has 0 spiro atoms. The molecule has 7 heteroatoms. The summed E-state index contributed by atoms with van der Waals surface area (Å²) in [6.45, 7) is 6.01. The van der Waals surface area contributed by atoms with Crippen LogP contribution < -0.4 is 0 Å². The maximum Gasteiger partial charge on any atom is 0.423 e. The van der Waals surface area contributed by atoms with E-state index in [4.69, 9.17) is 9.47 Å². The predicted molar refractivity (Wildman–Crippen MR) is 149 cm³/mol. The van der Waals surface area contributed by atoms with Gasteiger partial charge in [0.2, 0.25) is 11.8 Å². The van der Waals surface area contributed by atoms with E-state index in [2.05, 4.69) is 6.92 Å². The van der Waals surface area contributed by atoms with Gasteiger partial charge in [-0.1, -0.05) is 117 Å². The molecule has 37 heavy (non-hydrogen) atoms.